The van der Waals surface area contributed by atoms with Gasteiger partial charge in [-0.3, -0.25) is 4.79 Å². The van der Waals surface area contributed by atoms with Crippen molar-refractivity contribution in [3.8, 4) is 11.3 Å². The van der Waals surface area contributed by atoms with Gasteiger partial charge >= 0.3 is 0 Å². The Bertz CT molecular complexity index is 976. The zero-order valence-corrected chi connectivity index (χ0v) is 17.2. The second-order valence-corrected chi connectivity index (χ2v) is 7.53. The van der Waals surface area contributed by atoms with Crippen LogP contribution >= 0.6 is 11.6 Å². The number of likely N-dealkylation sites (N-methyl/N-ethyl adjacent to an activating group) is 1. The third-order valence-corrected chi connectivity index (χ3v) is 5.48. The Morgan fingerprint density at radius 2 is 1.79 bits per heavy atom. The maximum absolute atomic E-state index is 12.5. The normalized spacial score (nSPS) is 14.8. The Morgan fingerprint density at radius 3 is 2.48 bits per heavy atom. The molecule has 0 unspecified atom stereocenters. The molecular formula is C23H24ClN3O2. The van der Waals surface area contributed by atoms with E-state index in [4.69, 9.17) is 16.0 Å². The van der Waals surface area contributed by atoms with Crippen LogP contribution < -0.4 is 10.2 Å². The van der Waals surface area contributed by atoms with Crippen molar-refractivity contribution in [2.24, 2.45) is 0 Å². The highest BCUT2D eigenvalue weighted by Crippen LogP contribution is 2.25. The van der Waals surface area contributed by atoms with Gasteiger partial charge in [-0.2, -0.15) is 0 Å². The first-order valence-corrected chi connectivity index (χ1v) is 10.2. The maximum atomic E-state index is 12.5. The molecule has 6 heteroatoms. The SMILES string of the molecule is CCN1CCN(c2ccc(NC(=O)c3ccc(-c4cccc(Cl)c4)o3)cc2)CC1. The third-order valence-electron chi connectivity index (χ3n) is 5.25. The fourth-order valence-electron chi connectivity index (χ4n) is 3.53. The van der Waals surface area contributed by atoms with E-state index in [0.29, 0.717) is 10.8 Å². The summed E-state index contributed by atoms with van der Waals surface area (Å²) in [6.45, 7) is 7.52. The number of furan rings is 1. The summed E-state index contributed by atoms with van der Waals surface area (Å²) < 4.78 is 5.71. The quantitative estimate of drug-likeness (QED) is 0.644. The minimum absolute atomic E-state index is 0.264. The van der Waals surface area contributed by atoms with Gasteiger partial charge in [0.2, 0.25) is 0 Å². The molecule has 0 aliphatic carbocycles. The van der Waals surface area contributed by atoms with Crippen molar-refractivity contribution in [2.45, 2.75) is 6.92 Å². The molecule has 1 aromatic heterocycles. The average Bonchev–Trinajstić information content (AvgIpc) is 3.25. The molecule has 0 bridgehead atoms. The molecule has 1 aliphatic heterocycles. The van der Waals surface area contributed by atoms with Crippen LogP contribution in [0.15, 0.2) is 65.1 Å². The van der Waals surface area contributed by atoms with E-state index >= 15 is 0 Å². The molecule has 0 saturated carbocycles. The van der Waals surface area contributed by atoms with Gasteiger partial charge in [-0.1, -0.05) is 30.7 Å². The number of carbonyl (C=O) groups is 1. The Balaban J connectivity index is 1.39. The number of halogens is 1. The van der Waals surface area contributed by atoms with E-state index in [1.807, 2.05) is 24.3 Å². The van der Waals surface area contributed by atoms with Crippen LogP contribution in [0.25, 0.3) is 11.3 Å². The predicted molar refractivity (Wildman–Crippen MR) is 118 cm³/mol. The Morgan fingerprint density at radius 1 is 1.03 bits per heavy atom. The lowest BCUT2D eigenvalue weighted by Gasteiger charge is -2.35. The van der Waals surface area contributed by atoms with Crippen molar-refractivity contribution in [2.75, 3.05) is 42.9 Å². The van der Waals surface area contributed by atoms with Gasteiger partial charge in [-0.25, -0.2) is 0 Å². The molecule has 3 aromatic rings. The summed E-state index contributed by atoms with van der Waals surface area (Å²) >= 11 is 6.03. The molecule has 1 amide bonds. The van der Waals surface area contributed by atoms with E-state index in [2.05, 4.69) is 34.2 Å². The molecule has 4 rings (SSSR count). The fourth-order valence-corrected chi connectivity index (χ4v) is 3.72. The summed E-state index contributed by atoms with van der Waals surface area (Å²) in [5.74, 6) is 0.599. The smallest absolute Gasteiger partial charge is 0.291 e. The maximum Gasteiger partial charge on any atom is 0.291 e. The minimum atomic E-state index is -0.275. The van der Waals surface area contributed by atoms with Gasteiger partial charge in [-0.15, -0.1) is 0 Å². The second-order valence-electron chi connectivity index (χ2n) is 7.10. The van der Waals surface area contributed by atoms with Crippen molar-refractivity contribution < 1.29 is 9.21 Å². The zero-order chi connectivity index (χ0) is 20.2. The summed E-state index contributed by atoms with van der Waals surface area (Å²) in [7, 11) is 0. The molecule has 150 valence electrons. The first-order chi connectivity index (χ1) is 14.1. The number of nitrogens with one attached hydrogen (secondary N) is 1. The van der Waals surface area contributed by atoms with Gasteiger partial charge in [0, 0.05) is 48.1 Å². The van der Waals surface area contributed by atoms with Crippen molar-refractivity contribution in [1.29, 1.82) is 0 Å². The average molecular weight is 410 g/mol. The van der Waals surface area contributed by atoms with Crippen LogP contribution in [0.3, 0.4) is 0 Å². The zero-order valence-electron chi connectivity index (χ0n) is 16.4. The second kappa shape index (κ2) is 8.72. The van der Waals surface area contributed by atoms with Crippen LogP contribution in [-0.2, 0) is 0 Å². The molecule has 1 fully saturated rings. The van der Waals surface area contributed by atoms with Crippen LogP contribution in [0.2, 0.25) is 5.02 Å². The van der Waals surface area contributed by atoms with E-state index in [9.17, 15) is 4.79 Å². The largest absolute Gasteiger partial charge is 0.451 e. The van der Waals surface area contributed by atoms with Gasteiger partial charge in [-0.05, 0) is 55.1 Å². The molecule has 0 radical (unpaired) electrons. The van der Waals surface area contributed by atoms with Gasteiger partial charge in [0.05, 0.1) is 0 Å². The standard InChI is InChI=1S/C23H24ClN3O2/c1-2-26-12-14-27(15-13-26)20-8-6-19(7-9-20)25-23(28)22-11-10-21(29-22)17-4-3-5-18(24)16-17/h3-11,16H,2,12-15H2,1H3,(H,25,28). The first kappa shape index (κ1) is 19.6. The fraction of sp³-hybridized carbons (Fsp3) is 0.261. The number of benzene rings is 2. The summed E-state index contributed by atoms with van der Waals surface area (Å²) in [4.78, 5) is 17.4. The van der Waals surface area contributed by atoms with Crippen LogP contribution in [0.1, 0.15) is 17.5 Å². The molecule has 0 atom stereocenters. The summed E-state index contributed by atoms with van der Waals surface area (Å²) in [6, 6.07) is 18.8. The molecule has 1 N–H and O–H groups in total. The first-order valence-electron chi connectivity index (χ1n) is 9.87. The van der Waals surface area contributed by atoms with Gasteiger partial charge in [0.15, 0.2) is 5.76 Å². The number of piperazine rings is 1. The lowest BCUT2D eigenvalue weighted by Crippen LogP contribution is -2.46. The van der Waals surface area contributed by atoms with Crippen LogP contribution in [-0.4, -0.2) is 43.5 Å². The predicted octanol–water partition coefficient (Wildman–Crippen LogP) is 4.99. The van der Waals surface area contributed by atoms with Crippen molar-refractivity contribution >= 4 is 28.9 Å². The molecule has 1 aliphatic rings. The number of amides is 1. The molecule has 0 spiro atoms. The highest BCUT2D eigenvalue weighted by molar-refractivity contribution is 6.30. The van der Waals surface area contributed by atoms with Crippen LogP contribution in [0.4, 0.5) is 11.4 Å². The lowest BCUT2D eigenvalue weighted by atomic mass is 10.2. The summed E-state index contributed by atoms with van der Waals surface area (Å²) in [5, 5.41) is 3.52. The Labute approximate surface area is 175 Å². The monoisotopic (exact) mass is 409 g/mol. The lowest BCUT2D eigenvalue weighted by molar-refractivity contribution is 0.0997. The molecule has 2 heterocycles. The van der Waals surface area contributed by atoms with E-state index < -0.39 is 0 Å². The third kappa shape index (κ3) is 4.63. The minimum Gasteiger partial charge on any atom is -0.451 e. The van der Waals surface area contributed by atoms with Crippen molar-refractivity contribution in [3.63, 3.8) is 0 Å². The summed E-state index contributed by atoms with van der Waals surface area (Å²) in [6.07, 6.45) is 0. The number of rotatable bonds is 5. The number of hydrogen-bond donors (Lipinski definition) is 1. The van der Waals surface area contributed by atoms with Crippen LogP contribution in [0.5, 0.6) is 0 Å². The molecule has 29 heavy (non-hydrogen) atoms. The molecule has 5 nitrogen and oxygen atoms in total. The molecular weight excluding hydrogens is 386 g/mol. The van der Waals surface area contributed by atoms with Gasteiger partial charge in [0.1, 0.15) is 5.76 Å². The topological polar surface area (TPSA) is 48.7 Å². The molecule has 1 saturated heterocycles. The molecule has 2 aromatic carbocycles. The number of anilines is 2. The number of carbonyl (C=O) groups excluding carboxylic acids is 1. The highest BCUT2D eigenvalue weighted by atomic mass is 35.5. The van der Waals surface area contributed by atoms with E-state index in [-0.39, 0.29) is 11.7 Å². The van der Waals surface area contributed by atoms with E-state index in [1.54, 1.807) is 24.3 Å². The Hall–Kier alpha value is -2.76. The number of nitrogens with zero attached hydrogens (tertiary/aromatic N) is 2. The van der Waals surface area contributed by atoms with E-state index in [1.165, 1.54) is 5.69 Å². The van der Waals surface area contributed by atoms with Gasteiger partial charge in [0.25, 0.3) is 5.91 Å². The number of hydrogen-bond acceptors (Lipinski definition) is 4. The van der Waals surface area contributed by atoms with Crippen molar-refractivity contribution in [3.05, 3.63) is 71.4 Å². The summed E-state index contributed by atoms with van der Waals surface area (Å²) in [5.41, 5.74) is 2.76. The van der Waals surface area contributed by atoms with Crippen LogP contribution in [0, 0.1) is 0 Å². The van der Waals surface area contributed by atoms with E-state index in [0.717, 1.165) is 44.0 Å². The highest BCUT2D eigenvalue weighted by Gasteiger charge is 2.16. The Kier molecular flexibility index (Phi) is 5.88. The van der Waals surface area contributed by atoms with Crippen molar-refractivity contribution in [1.82, 2.24) is 4.90 Å². The van der Waals surface area contributed by atoms with Gasteiger partial charge < -0.3 is 19.5 Å².